The molecule has 0 aliphatic rings. The van der Waals surface area contributed by atoms with E-state index >= 15 is 0 Å². The summed E-state index contributed by atoms with van der Waals surface area (Å²) >= 11 is 0. The lowest BCUT2D eigenvalue weighted by Gasteiger charge is -2.19. The average Bonchev–Trinajstić information content (AvgIpc) is 2.97. The maximum absolute atomic E-state index is 8.88. The molecule has 3 aromatic rings. The molecule has 3 rings (SSSR count). The maximum atomic E-state index is 8.88. The van der Waals surface area contributed by atoms with Crippen LogP contribution in [-0.4, -0.2) is 22.9 Å². The Balaban J connectivity index is 1.75. The van der Waals surface area contributed by atoms with Crippen LogP contribution in [0.4, 0.5) is 17.3 Å². The molecule has 25 heavy (non-hydrogen) atoms. The highest BCUT2D eigenvalue weighted by Crippen LogP contribution is 2.23. The summed E-state index contributed by atoms with van der Waals surface area (Å²) in [5, 5.41) is 13.2. The van der Waals surface area contributed by atoms with Gasteiger partial charge in [-0.25, -0.2) is 9.66 Å². The predicted octanol–water partition coefficient (Wildman–Crippen LogP) is 3.30. The second-order valence-electron chi connectivity index (χ2n) is 5.64. The number of hydrogen-bond donors (Lipinski definition) is 1. The van der Waals surface area contributed by atoms with Crippen molar-refractivity contribution in [2.75, 3.05) is 17.7 Å². The molecular weight excluding hydrogens is 312 g/mol. The van der Waals surface area contributed by atoms with Crippen LogP contribution >= 0.6 is 0 Å². The van der Waals surface area contributed by atoms with Crippen LogP contribution in [0.3, 0.4) is 0 Å². The highest BCUT2D eigenvalue weighted by molar-refractivity contribution is 5.80. The van der Waals surface area contributed by atoms with Crippen LogP contribution in [0.2, 0.25) is 0 Å². The minimum Gasteiger partial charge on any atom is -0.368 e. The molecule has 124 valence electrons. The number of nitrogens with zero attached hydrogens (tertiary/aromatic N) is 5. The van der Waals surface area contributed by atoms with Gasteiger partial charge in [0.15, 0.2) is 0 Å². The second kappa shape index (κ2) is 6.89. The topological polar surface area (TPSA) is 83.2 Å². The maximum Gasteiger partial charge on any atom is 0.221 e. The van der Waals surface area contributed by atoms with Crippen molar-refractivity contribution in [2.24, 2.45) is 5.10 Å². The van der Waals surface area contributed by atoms with Crippen LogP contribution in [0.1, 0.15) is 16.8 Å². The Bertz CT molecular complexity index is 930. The third-order valence-corrected chi connectivity index (χ3v) is 3.83. The number of benzene rings is 2. The summed E-state index contributed by atoms with van der Waals surface area (Å²) in [5.74, 6) is 0.367. The predicted molar refractivity (Wildman–Crippen MR) is 100 cm³/mol. The van der Waals surface area contributed by atoms with Crippen molar-refractivity contribution in [3.8, 4) is 6.07 Å². The van der Waals surface area contributed by atoms with Crippen LogP contribution in [0.25, 0.3) is 0 Å². The zero-order chi connectivity index (χ0) is 17.8. The van der Waals surface area contributed by atoms with E-state index in [9.17, 15) is 0 Å². The van der Waals surface area contributed by atoms with Gasteiger partial charge in [-0.15, -0.1) is 0 Å². The third kappa shape index (κ3) is 3.67. The van der Waals surface area contributed by atoms with E-state index in [0.717, 1.165) is 22.6 Å². The van der Waals surface area contributed by atoms with Gasteiger partial charge in [0.1, 0.15) is 0 Å². The number of nitrogens with two attached hydrogens (primary N) is 1. The second-order valence-corrected chi connectivity index (χ2v) is 5.64. The molecule has 0 saturated carbocycles. The van der Waals surface area contributed by atoms with Crippen LogP contribution in [0.5, 0.6) is 0 Å². The Labute approximate surface area is 146 Å². The molecule has 6 nitrogen and oxygen atoms in total. The van der Waals surface area contributed by atoms with Gasteiger partial charge in [-0.2, -0.15) is 10.4 Å². The molecule has 0 fully saturated rings. The lowest BCUT2D eigenvalue weighted by molar-refractivity contribution is 0.897. The molecular formula is C19H18N6. The largest absolute Gasteiger partial charge is 0.368 e. The molecule has 0 atom stereocenters. The number of nitrogen functional groups attached to an aromatic ring is 1. The molecule has 2 N–H and O–H groups in total. The quantitative estimate of drug-likeness (QED) is 0.744. The highest BCUT2D eigenvalue weighted by Gasteiger charge is 2.04. The first-order valence-electron chi connectivity index (χ1n) is 7.76. The summed E-state index contributed by atoms with van der Waals surface area (Å²) in [6.45, 7) is 1.87. The fraction of sp³-hybridized carbons (Fsp3) is 0.105. The van der Waals surface area contributed by atoms with Crippen molar-refractivity contribution in [1.82, 2.24) is 9.66 Å². The number of aryl methyl sites for hydroxylation is 1. The van der Waals surface area contributed by atoms with E-state index in [-0.39, 0.29) is 0 Å². The van der Waals surface area contributed by atoms with E-state index in [1.54, 1.807) is 17.1 Å². The van der Waals surface area contributed by atoms with Crippen LogP contribution in [0.15, 0.2) is 59.8 Å². The first kappa shape index (κ1) is 16.3. The highest BCUT2D eigenvalue weighted by atomic mass is 15.4. The molecule has 2 aromatic carbocycles. The summed E-state index contributed by atoms with van der Waals surface area (Å²) in [7, 11) is 1.99. The Hall–Kier alpha value is -3.59. The SMILES string of the molecule is Cc1cn(N=Cc2ccc(N(C)c3ccc(C#N)cc3)cc2)c(N)n1. The standard InChI is InChI=1S/C19H18N6/c1-14-13-25(19(21)23-14)22-12-16-5-9-18(10-6-16)24(2)17-7-3-15(11-20)4-8-17/h3-10,12-13H,1-2H3,(H2,21,23). The van der Waals surface area contributed by atoms with Crippen LogP contribution in [0, 0.1) is 18.3 Å². The molecule has 0 bridgehead atoms. The molecule has 0 unspecified atom stereocenters. The number of rotatable bonds is 4. The molecule has 0 spiro atoms. The minimum absolute atomic E-state index is 0.367. The minimum atomic E-state index is 0.367. The molecule has 1 heterocycles. The average molecular weight is 330 g/mol. The fourth-order valence-corrected chi connectivity index (χ4v) is 2.42. The third-order valence-electron chi connectivity index (χ3n) is 3.83. The molecule has 0 saturated heterocycles. The number of aromatic nitrogens is 2. The molecule has 6 heteroatoms. The molecule has 0 aliphatic heterocycles. The fourth-order valence-electron chi connectivity index (χ4n) is 2.42. The van der Waals surface area contributed by atoms with E-state index in [0.29, 0.717) is 11.5 Å². The lowest BCUT2D eigenvalue weighted by Crippen LogP contribution is -2.09. The Morgan fingerprint density at radius 2 is 1.72 bits per heavy atom. The van der Waals surface area contributed by atoms with Crippen molar-refractivity contribution < 1.29 is 0 Å². The first-order chi connectivity index (χ1) is 12.1. The molecule has 1 aromatic heterocycles. The number of anilines is 3. The zero-order valence-corrected chi connectivity index (χ0v) is 14.1. The Morgan fingerprint density at radius 1 is 1.12 bits per heavy atom. The lowest BCUT2D eigenvalue weighted by atomic mass is 10.1. The summed E-state index contributed by atoms with van der Waals surface area (Å²) in [5.41, 5.74) is 10.3. The van der Waals surface area contributed by atoms with Gasteiger partial charge in [0.25, 0.3) is 0 Å². The van der Waals surface area contributed by atoms with Gasteiger partial charge in [-0.3, -0.25) is 0 Å². The van der Waals surface area contributed by atoms with Gasteiger partial charge >= 0.3 is 0 Å². The van der Waals surface area contributed by atoms with Crippen LogP contribution < -0.4 is 10.6 Å². The number of imidazole rings is 1. The Kier molecular flexibility index (Phi) is 4.48. The van der Waals surface area contributed by atoms with Gasteiger partial charge in [0.05, 0.1) is 29.7 Å². The van der Waals surface area contributed by atoms with Gasteiger partial charge < -0.3 is 10.6 Å². The molecule has 0 amide bonds. The van der Waals surface area contributed by atoms with Crippen molar-refractivity contribution in [3.63, 3.8) is 0 Å². The zero-order valence-electron chi connectivity index (χ0n) is 14.1. The summed E-state index contributed by atoms with van der Waals surface area (Å²) in [6, 6.07) is 17.6. The summed E-state index contributed by atoms with van der Waals surface area (Å²) in [6.07, 6.45) is 3.52. The van der Waals surface area contributed by atoms with Gasteiger partial charge in [-0.1, -0.05) is 12.1 Å². The van der Waals surface area contributed by atoms with E-state index < -0.39 is 0 Å². The Morgan fingerprint density at radius 3 is 2.24 bits per heavy atom. The normalized spacial score (nSPS) is 10.8. The molecule has 0 aliphatic carbocycles. The van der Waals surface area contributed by atoms with Crippen LogP contribution in [-0.2, 0) is 0 Å². The molecule has 0 radical (unpaired) electrons. The smallest absolute Gasteiger partial charge is 0.221 e. The number of nitriles is 1. The van der Waals surface area contributed by atoms with E-state index in [2.05, 4.69) is 21.1 Å². The van der Waals surface area contributed by atoms with E-state index in [1.807, 2.05) is 62.5 Å². The first-order valence-corrected chi connectivity index (χ1v) is 7.76. The van der Waals surface area contributed by atoms with Crippen molar-refractivity contribution in [2.45, 2.75) is 6.92 Å². The van der Waals surface area contributed by atoms with Crippen molar-refractivity contribution >= 4 is 23.5 Å². The van der Waals surface area contributed by atoms with Gasteiger partial charge in [0, 0.05) is 18.4 Å². The van der Waals surface area contributed by atoms with E-state index in [4.69, 9.17) is 11.0 Å². The van der Waals surface area contributed by atoms with E-state index in [1.165, 1.54) is 0 Å². The summed E-state index contributed by atoms with van der Waals surface area (Å²) < 4.78 is 1.55. The monoisotopic (exact) mass is 330 g/mol. The number of hydrogen-bond acceptors (Lipinski definition) is 5. The van der Waals surface area contributed by atoms with Gasteiger partial charge in [-0.05, 0) is 48.9 Å². The summed E-state index contributed by atoms with van der Waals surface area (Å²) in [4.78, 5) is 6.16. The van der Waals surface area contributed by atoms with Crippen molar-refractivity contribution in [3.05, 3.63) is 71.5 Å². The van der Waals surface area contributed by atoms with Gasteiger partial charge in [0.2, 0.25) is 5.95 Å². The van der Waals surface area contributed by atoms with Crippen molar-refractivity contribution in [1.29, 1.82) is 5.26 Å².